The quantitative estimate of drug-likeness (QED) is 0.872. The highest BCUT2D eigenvalue weighted by atomic mass is 19.1. The number of hydrogen-bond donors (Lipinski definition) is 1. The summed E-state index contributed by atoms with van der Waals surface area (Å²) in [6.45, 7) is 1.95. The lowest BCUT2D eigenvalue weighted by Gasteiger charge is -2.09. The van der Waals surface area contributed by atoms with E-state index in [9.17, 15) is 4.39 Å². The third-order valence-corrected chi connectivity index (χ3v) is 2.59. The Morgan fingerprint density at radius 1 is 1.30 bits per heavy atom. The number of pyridine rings is 1. The van der Waals surface area contributed by atoms with Crippen molar-refractivity contribution in [2.24, 2.45) is 0 Å². The maximum absolute atomic E-state index is 13.0. The first-order valence-electron chi connectivity index (χ1n) is 6.11. The molecule has 1 heterocycles. The van der Waals surface area contributed by atoms with Gasteiger partial charge in [-0.2, -0.15) is 0 Å². The lowest BCUT2D eigenvalue weighted by molar-refractivity contribution is 0.304. The van der Waals surface area contributed by atoms with Crippen LogP contribution in [0.1, 0.15) is 16.7 Å². The molecule has 0 bridgehead atoms. The number of aliphatic hydroxyl groups excluding tert-OH is 1. The smallest absolute Gasteiger partial charge is 0.141 e. The van der Waals surface area contributed by atoms with Crippen LogP contribution in [0, 0.1) is 24.6 Å². The predicted molar refractivity (Wildman–Crippen MR) is 73.7 cm³/mol. The maximum atomic E-state index is 13.0. The summed E-state index contributed by atoms with van der Waals surface area (Å²) in [6, 6.07) is 6.97. The molecule has 0 spiro atoms. The van der Waals surface area contributed by atoms with Crippen LogP contribution in [0.5, 0.6) is 5.75 Å². The van der Waals surface area contributed by atoms with Crippen molar-refractivity contribution in [1.29, 1.82) is 0 Å². The molecule has 0 atom stereocenters. The summed E-state index contributed by atoms with van der Waals surface area (Å²) in [5, 5.41) is 8.76. The molecule has 1 aromatic heterocycles. The van der Waals surface area contributed by atoms with Gasteiger partial charge in [0.15, 0.2) is 0 Å². The molecule has 1 aromatic carbocycles. The fraction of sp³-hybridized carbons (Fsp3) is 0.188. The Hall–Kier alpha value is -2.38. The SMILES string of the molecule is Cc1ccc(OCc2cncc(F)c2)c(C#CCO)c1. The van der Waals surface area contributed by atoms with Gasteiger partial charge in [-0.3, -0.25) is 4.98 Å². The third kappa shape index (κ3) is 3.81. The van der Waals surface area contributed by atoms with Gasteiger partial charge in [0.1, 0.15) is 24.8 Å². The van der Waals surface area contributed by atoms with E-state index >= 15 is 0 Å². The molecule has 0 aliphatic rings. The standard InChI is InChI=1S/C16H14FNO2/c1-12-4-5-16(14(7-12)3-2-6-19)20-11-13-8-15(17)10-18-9-13/h4-5,7-10,19H,6,11H2,1H3. The Kier molecular flexibility index (Phi) is 4.70. The molecule has 2 aromatic rings. The zero-order chi connectivity index (χ0) is 14.4. The van der Waals surface area contributed by atoms with E-state index in [4.69, 9.17) is 9.84 Å². The van der Waals surface area contributed by atoms with Crippen LogP contribution in [0.2, 0.25) is 0 Å². The molecular weight excluding hydrogens is 257 g/mol. The monoisotopic (exact) mass is 271 g/mol. The van der Waals surface area contributed by atoms with E-state index < -0.39 is 5.82 Å². The first-order chi connectivity index (χ1) is 9.69. The molecule has 0 saturated carbocycles. The number of benzene rings is 1. The Balaban J connectivity index is 2.16. The van der Waals surface area contributed by atoms with Crippen molar-refractivity contribution in [3.63, 3.8) is 0 Å². The molecule has 0 saturated heterocycles. The molecule has 0 amide bonds. The van der Waals surface area contributed by atoms with Crippen molar-refractivity contribution in [1.82, 2.24) is 4.98 Å². The van der Waals surface area contributed by atoms with E-state index in [2.05, 4.69) is 16.8 Å². The molecule has 20 heavy (non-hydrogen) atoms. The van der Waals surface area contributed by atoms with Crippen LogP contribution < -0.4 is 4.74 Å². The highest BCUT2D eigenvalue weighted by molar-refractivity contribution is 5.48. The first-order valence-corrected chi connectivity index (χ1v) is 6.11. The topological polar surface area (TPSA) is 42.4 Å². The zero-order valence-electron chi connectivity index (χ0n) is 11.1. The summed E-state index contributed by atoms with van der Waals surface area (Å²) in [5.41, 5.74) is 2.39. The van der Waals surface area contributed by atoms with E-state index in [1.165, 1.54) is 6.07 Å². The number of hydrogen-bond acceptors (Lipinski definition) is 3. The van der Waals surface area contributed by atoms with Gasteiger partial charge in [-0.05, 0) is 30.7 Å². The zero-order valence-corrected chi connectivity index (χ0v) is 11.1. The van der Waals surface area contributed by atoms with Crippen molar-refractivity contribution in [2.75, 3.05) is 6.61 Å². The average Bonchev–Trinajstić information content (AvgIpc) is 2.44. The van der Waals surface area contributed by atoms with Crippen molar-refractivity contribution in [3.05, 3.63) is 59.2 Å². The van der Waals surface area contributed by atoms with Gasteiger partial charge in [-0.25, -0.2) is 4.39 Å². The normalized spacial score (nSPS) is 9.75. The summed E-state index contributed by atoms with van der Waals surface area (Å²) in [7, 11) is 0. The lowest BCUT2D eigenvalue weighted by Crippen LogP contribution is -1.99. The van der Waals surface area contributed by atoms with Gasteiger partial charge in [0, 0.05) is 11.8 Å². The molecule has 3 nitrogen and oxygen atoms in total. The average molecular weight is 271 g/mol. The van der Waals surface area contributed by atoms with E-state index in [-0.39, 0.29) is 13.2 Å². The number of aliphatic hydroxyl groups is 1. The van der Waals surface area contributed by atoms with Crippen molar-refractivity contribution in [2.45, 2.75) is 13.5 Å². The minimum atomic E-state index is -0.393. The molecule has 0 fully saturated rings. The first kappa shape index (κ1) is 14.0. The minimum Gasteiger partial charge on any atom is -0.488 e. The highest BCUT2D eigenvalue weighted by Gasteiger charge is 2.03. The van der Waals surface area contributed by atoms with Gasteiger partial charge in [0.25, 0.3) is 0 Å². The number of nitrogens with zero attached hydrogens (tertiary/aromatic N) is 1. The molecule has 102 valence electrons. The van der Waals surface area contributed by atoms with Gasteiger partial charge in [-0.15, -0.1) is 0 Å². The second-order valence-corrected chi connectivity index (χ2v) is 4.26. The van der Waals surface area contributed by atoms with Crippen LogP contribution in [-0.4, -0.2) is 16.7 Å². The van der Waals surface area contributed by atoms with Gasteiger partial charge in [0.2, 0.25) is 0 Å². The minimum absolute atomic E-state index is 0.207. The predicted octanol–water partition coefficient (Wildman–Crippen LogP) is 2.45. The Bertz CT molecular complexity index is 659. The van der Waals surface area contributed by atoms with E-state index in [1.54, 1.807) is 6.20 Å². The lowest BCUT2D eigenvalue weighted by atomic mass is 10.1. The van der Waals surface area contributed by atoms with Crippen LogP contribution in [0.4, 0.5) is 4.39 Å². The molecule has 0 aliphatic carbocycles. The summed E-state index contributed by atoms with van der Waals surface area (Å²) in [6.07, 6.45) is 2.70. The number of halogens is 1. The fourth-order valence-electron chi connectivity index (χ4n) is 1.70. The Morgan fingerprint density at radius 3 is 2.90 bits per heavy atom. The summed E-state index contributed by atoms with van der Waals surface area (Å²) in [4.78, 5) is 3.77. The molecule has 0 aliphatic heterocycles. The summed E-state index contributed by atoms with van der Waals surface area (Å²) >= 11 is 0. The maximum Gasteiger partial charge on any atom is 0.141 e. The van der Waals surface area contributed by atoms with Crippen LogP contribution in [-0.2, 0) is 6.61 Å². The van der Waals surface area contributed by atoms with Crippen LogP contribution >= 0.6 is 0 Å². The Morgan fingerprint density at radius 2 is 2.15 bits per heavy atom. The van der Waals surface area contributed by atoms with Crippen molar-refractivity contribution < 1.29 is 14.2 Å². The summed E-state index contributed by atoms with van der Waals surface area (Å²) < 4.78 is 18.7. The largest absolute Gasteiger partial charge is 0.488 e. The van der Waals surface area contributed by atoms with E-state index in [1.807, 2.05) is 25.1 Å². The molecule has 4 heteroatoms. The third-order valence-electron chi connectivity index (χ3n) is 2.59. The number of rotatable bonds is 3. The van der Waals surface area contributed by atoms with Crippen molar-refractivity contribution >= 4 is 0 Å². The molecule has 2 rings (SSSR count). The van der Waals surface area contributed by atoms with E-state index in [0.717, 1.165) is 11.8 Å². The van der Waals surface area contributed by atoms with Gasteiger partial charge in [-0.1, -0.05) is 17.9 Å². The molecular formula is C16H14FNO2. The van der Waals surface area contributed by atoms with Crippen LogP contribution in [0.25, 0.3) is 0 Å². The van der Waals surface area contributed by atoms with Gasteiger partial charge in [0.05, 0.1) is 11.8 Å². The van der Waals surface area contributed by atoms with Crippen LogP contribution in [0.3, 0.4) is 0 Å². The van der Waals surface area contributed by atoms with Gasteiger partial charge >= 0.3 is 0 Å². The van der Waals surface area contributed by atoms with Crippen molar-refractivity contribution in [3.8, 4) is 17.6 Å². The highest BCUT2D eigenvalue weighted by Crippen LogP contribution is 2.20. The summed E-state index contributed by atoms with van der Waals surface area (Å²) in [5.74, 6) is 5.63. The van der Waals surface area contributed by atoms with E-state index in [0.29, 0.717) is 16.9 Å². The second-order valence-electron chi connectivity index (χ2n) is 4.26. The molecule has 0 unspecified atom stereocenters. The molecule has 0 radical (unpaired) electrons. The fourth-order valence-corrected chi connectivity index (χ4v) is 1.70. The van der Waals surface area contributed by atoms with Gasteiger partial charge < -0.3 is 9.84 Å². The van der Waals surface area contributed by atoms with Crippen LogP contribution in [0.15, 0.2) is 36.7 Å². The number of aromatic nitrogens is 1. The second kappa shape index (κ2) is 6.69. The number of aryl methyl sites for hydroxylation is 1. The number of ether oxygens (including phenoxy) is 1. The Labute approximate surface area is 117 Å². The molecule has 1 N–H and O–H groups in total.